The second-order valence-electron chi connectivity index (χ2n) is 2.43. The molecule has 2 rings (SSSR count). The molecule has 23 heavy (non-hydrogen) atoms. The van der Waals surface area contributed by atoms with Crippen LogP contribution in [-0.4, -0.2) is 31.9 Å². The smallest absolute Gasteiger partial charge is 0.0886 e. The third-order valence-corrected chi connectivity index (χ3v) is 1.59. The minimum atomic E-state index is 0. The predicted octanol–water partition coefficient (Wildman–Crippen LogP) is -9.03. The van der Waals surface area contributed by atoms with Gasteiger partial charge in [-0.2, -0.15) is 0 Å². The van der Waals surface area contributed by atoms with Crippen LogP contribution in [0.25, 0.3) is 11.4 Å². The maximum absolute atomic E-state index is 8.19. The molecule has 0 amide bonds. The summed E-state index contributed by atoms with van der Waals surface area (Å²) < 4.78 is 8.19. The molecule has 0 aromatic carbocycles. The van der Waals surface area contributed by atoms with E-state index in [2.05, 4.69) is 9.97 Å². The monoisotopic (exact) mass is 398 g/mol. The van der Waals surface area contributed by atoms with E-state index >= 15 is 0 Å². The third-order valence-electron chi connectivity index (χ3n) is 1.59. The van der Waals surface area contributed by atoms with Crippen molar-refractivity contribution in [1.29, 1.82) is 0 Å². The van der Waals surface area contributed by atoms with Gasteiger partial charge in [0.2, 0.25) is 0 Å². The fourth-order valence-electron chi connectivity index (χ4n) is 1.03. The summed E-state index contributed by atoms with van der Waals surface area (Å²) in [5.74, 6) is 0. The average molecular weight is 398 g/mol. The molecule has 0 unspecified atom stereocenters. The maximum Gasteiger partial charge on any atom is 0.0886 e. The van der Waals surface area contributed by atoms with E-state index in [-0.39, 0.29) is 73.3 Å². The van der Waals surface area contributed by atoms with Crippen molar-refractivity contribution in [3.05, 3.63) is 48.8 Å². The van der Waals surface area contributed by atoms with E-state index in [0.29, 0.717) is 0 Å². The first-order valence-electron chi connectivity index (χ1n) is 4.31. The van der Waals surface area contributed by atoms with Crippen LogP contribution in [0.5, 0.6) is 0 Å². The molecule has 2 aromatic rings. The number of rotatable bonds is 1. The minimum Gasteiger partial charge on any atom is -0.255 e. The minimum absolute atomic E-state index is 0. The number of hydrogen-bond acceptors (Lipinski definition) is 7. The van der Waals surface area contributed by atoms with Gasteiger partial charge in [0.25, 0.3) is 0 Å². The molecule has 0 bridgehead atoms. The molecule has 0 fully saturated rings. The van der Waals surface area contributed by atoms with Gasteiger partial charge in [0.1, 0.15) is 0 Å². The van der Waals surface area contributed by atoms with Gasteiger partial charge < -0.3 is 42.9 Å². The van der Waals surface area contributed by atoms with Gasteiger partial charge in [-0.1, -0.05) is 12.1 Å². The van der Waals surface area contributed by atoms with Gasteiger partial charge in [-0.05, 0) is 24.3 Å². The summed E-state index contributed by atoms with van der Waals surface area (Å²) in [7, 11) is 0. The van der Waals surface area contributed by atoms with Crippen molar-refractivity contribution in [3.8, 4) is 11.4 Å². The van der Waals surface area contributed by atoms with Gasteiger partial charge >= 0.3 is 72.4 Å². The Kier molecular flexibility index (Phi) is 71.7. The number of hydrogen-bond donors (Lipinski definition) is 0. The summed E-state index contributed by atoms with van der Waals surface area (Å²) >= 11 is 1.06. The summed E-state index contributed by atoms with van der Waals surface area (Å²) in [6.07, 6.45) is 3.54. The summed E-state index contributed by atoms with van der Waals surface area (Å²) in [5, 5.41) is 28.0. The van der Waals surface area contributed by atoms with Crippen LogP contribution in [0.1, 0.15) is 0 Å². The Morgan fingerprint density at radius 1 is 0.652 bits per heavy atom. The largest absolute Gasteiger partial charge is 0.255 e. The number of aromatic nitrogens is 2. The summed E-state index contributed by atoms with van der Waals surface area (Å²) in [5.41, 5.74) is 1.83. The van der Waals surface area contributed by atoms with E-state index in [0.717, 1.165) is 28.8 Å². The van der Waals surface area contributed by atoms with Gasteiger partial charge in [0, 0.05) is 12.4 Å². The summed E-state index contributed by atoms with van der Waals surface area (Å²) in [6.45, 7) is 0. The molecule has 11 nitrogen and oxygen atoms in total. The predicted molar refractivity (Wildman–Crippen MR) is 62.6 cm³/mol. The van der Waals surface area contributed by atoms with E-state index in [1.165, 1.54) is 0 Å². The third kappa shape index (κ3) is 22.0. The molecule has 2 heterocycles. The van der Waals surface area contributed by atoms with E-state index < -0.39 is 0 Å². The first kappa shape index (κ1) is 43.5. The van der Waals surface area contributed by atoms with Crippen LogP contribution in [0.4, 0.5) is 0 Å². The van der Waals surface area contributed by atoms with E-state index in [1.807, 2.05) is 36.4 Å². The SMILES string of the molecule is O.O.O.O.[K+].[O-][O-].[O-][O-].[O]=[V].c1ccc(-c2ccccn2)nc1. The molecule has 0 aliphatic heterocycles. The molecule has 0 aliphatic carbocycles. The van der Waals surface area contributed by atoms with Crippen LogP contribution < -0.4 is 72.4 Å². The van der Waals surface area contributed by atoms with Crippen molar-refractivity contribution in [2.75, 3.05) is 0 Å². The Labute approximate surface area is 183 Å². The second kappa shape index (κ2) is 37.9. The zero-order valence-electron chi connectivity index (χ0n) is 12.0. The van der Waals surface area contributed by atoms with E-state index in [9.17, 15) is 0 Å². The van der Waals surface area contributed by atoms with Gasteiger partial charge in [0.15, 0.2) is 0 Å². The fourth-order valence-corrected chi connectivity index (χ4v) is 1.03. The molecule has 0 radical (unpaired) electrons. The quantitative estimate of drug-likeness (QED) is 0.254. The van der Waals surface area contributed by atoms with Crippen LogP contribution in [-0.2, 0) is 21.0 Å². The van der Waals surface area contributed by atoms with Crippen LogP contribution in [0, 0.1) is 0 Å². The van der Waals surface area contributed by atoms with Gasteiger partial charge in [-0.25, -0.2) is 0 Å². The first-order valence-corrected chi connectivity index (χ1v) is 4.88. The first-order chi connectivity index (χ1) is 8.97. The van der Waals surface area contributed by atoms with Crippen molar-refractivity contribution in [2.45, 2.75) is 0 Å². The normalized spacial score (nSPS) is 5.70. The zero-order valence-corrected chi connectivity index (χ0v) is 16.5. The Morgan fingerprint density at radius 2 is 0.913 bits per heavy atom. The van der Waals surface area contributed by atoms with Crippen LogP contribution >= 0.6 is 0 Å². The molecule has 0 spiro atoms. The molecule has 0 saturated carbocycles. The molecule has 13 heteroatoms. The molecule has 2 aromatic heterocycles. The Morgan fingerprint density at radius 3 is 1.09 bits per heavy atom. The van der Waals surface area contributed by atoms with E-state index in [4.69, 9.17) is 24.7 Å². The zero-order chi connectivity index (χ0) is 14.2. The average Bonchev–Trinajstić information content (AvgIpc) is 2.55. The molecule has 8 N–H and O–H groups in total. The molecule has 0 atom stereocenters. The van der Waals surface area contributed by atoms with Crippen LogP contribution in [0.2, 0.25) is 0 Å². The molecule has 0 aliphatic rings. The van der Waals surface area contributed by atoms with Gasteiger partial charge in [0.05, 0.1) is 11.4 Å². The van der Waals surface area contributed by atoms with Crippen molar-refractivity contribution < 1.29 is 115 Å². The topological polar surface area (TPSA) is 261 Å². The number of nitrogens with zero attached hydrogens (tertiary/aromatic N) is 2. The summed E-state index contributed by atoms with van der Waals surface area (Å²) in [4.78, 5) is 8.37. The van der Waals surface area contributed by atoms with E-state index in [1.54, 1.807) is 12.4 Å². The van der Waals surface area contributed by atoms with Gasteiger partial charge in [-0.15, -0.1) is 0 Å². The molecule has 129 valence electrons. The van der Waals surface area contributed by atoms with Crippen LogP contribution in [0.15, 0.2) is 48.8 Å². The Balaban J connectivity index is -0.0000000424. The maximum atomic E-state index is 8.19. The Bertz CT molecular complexity index is 351. The van der Waals surface area contributed by atoms with Crippen molar-refractivity contribution in [2.24, 2.45) is 0 Å². The molecular formula is C10H16KN2O9V-3. The number of pyridine rings is 2. The molecular weight excluding hydrogens is 382 g/mol. The van der Waals surface area contributed by atoms with Crippen molar-refractivity contribution in [1.82, 2.24) is 9.97 Å². The van der Waals surface area contributed by atoms with Gasteiger partial charge in [-0.3, -0.25) is 9.97 Å². The van der Waals surface area contributed by atoms with Crippen molar-refractivity contribution >= 4 is 0 Å². The van der Waals surface area contributed by atoms with Crippen molar-refractivity contribution in [3.63, 3.8) is 0 Å². The second-order valence-corrected chi connectivity index (χ2v) is 2.43. The van der Waals surface area contributed by atoms with Crippen LogP contribution in [0.3, 0.4) is 0 Å². The standard InChI is InChI=1S/C10H8N2.K.2O2.4H2O.O.V/c1-3-7-11-9(5-1)10-6-2-4-8-12-10;;2*1-2;;;;;;/h1-8H;;;;4*1H2;;/q;+1;2*-2;;;;;;. The molecule has 0 saturated heterocycles. The summed E-state index contributed by atoms with van der Waals surface area (Å²) in [6, 6.07) is 11.6. The Hall–Kier alpha value is 0.000779. The fraction of sp³-hybridized carbons (Fsp3) is 0.